The highest BCUT2D eigenvalue weighted by molar-refractivity contribution is 5.94. The summed E-state index contributed by atoms with van der Waals surface area (Å²) in [6.07, 6.45) is 4.46. The van der Waals surface area contributed by atoms with Gasteiger partial charge < -0.3 is 14.7 Å². The molecule has 4 heterocycles. The molecule has 0 aliphatic carbocycles. The molecule has 1 fully saturated rings. The van der Waals surface area contributed by atoms with E-state index in [1.807, 2.05) is 35.9 Å². The number of rotatable bonds is 2. The molecule has 0 aromatic carbocycles. The predicted molar refractivity (Wildman–Crippen MR) is 98.1 cm³/mol. The van der Waals surface area contributed by atoms with Crippen LogP contribution in [0, 0.1) is 6.92 Å². The van der Waals surface area contributed by atoms with Crippen LogP contribution in [0.4, 0.5) is 5.95 Å². The van der Waals surface area contributed by atoms with E-state index in [2.05, 4.69) is 31.9 Å². The Hall–Kier alpha value is -2.48. The molecule has 2 aliphatic heterocycles. The Bertz CT molecular complexity index is 806. The van der Waals surface area contributed by atoms with Crippen molar-refractivity contribution in [2.24, 2.45) is 7.05 Å². The normalized spacial score (nSPS) is 18.1. The van der Waals surface area contributed by atoms with Crippen LogP contribution in [0.3, 0.4) is 0 Å². The van der Waals surface area contributed by atoms with Gasteiger partial charge in [-0.25, -0.2) is 9.97 Å². The Labute approximate surface area is 153 Å². The number of fused-ring (bicyclic) bond motifs is 1. The molecule has 4 rings (SSSR count). The number of aromatic nitrogens is 4. The number of carbonyl (C=O) groups excluding carboxylic acids is 1. The molecule has 1 saturated heterocycles. The van der Waals surface area contributed by atoms with Crippen LogP contribution in [0.15, 0.2) is 12.4 Å². The molecular formula is C18H25N7O. The van der Waals surface area contributed by atoms with Gasteiger partial charge in [0.1, 0.15) is 0 Å². The maximum Gasteiger partial charge on any atom is 0.274 e. The summed E-state index contributed by atoms with van der Waals surface area (Å²) in [5.41, 5.74) is 3.83. The van der Waals surface area contributed by atoms with Crippen LogP contribution in [0.2, 0.25) is 0 Å². The number of hydrogen-bond acceptors (Lipinski definition) is 6. The molecule has 0 atom stereocenters. The van der Waals surface area contributed by atoms with Crippen LogP contribution in [-0.4, -0.2) is 75.2 Å². The van der Waals surface area contributed by atoms with E-state index in [0.29, 0.717) is 12.2 Å². The van der Waals surface area contributed by atoms with E-state index in [0.717, 1.165) is 61.9 Å². The summed E-state index contributed by atoms with van der Waals surface area (Å²) in [5.74, 6) is 0.796. The summed E-state index contributed by atoms with van der Waals surface area (Å²) in [7, 11) is 4.01. The zero-order chi connectivity index (χ0) is 18.3. The average molecular weight is 355 g/mol. The highest BCUT2D eigenvalue weighted by Gasteiger charge is 2.31. The van der Waals surface area contributed by atoms with Crippen molar-refractivity contribution in [3.8, 4) is 0 Å². The summed E-state index contributed by atoms with van der Waals surface area (Å²) in [5, 5.41) is 4.57. The zero-order valence-electron chi connectivity index (χ0n) is 15.6. The largest absolute Gasteiger partial charge is 0.335 e. The van der Waals surface area contributed by atoms with E-state index in [1.165, 1.54) is 0 Å². The highest BCUT2D eigenvalue weighted by atomic mass is 16.2. The Morgan fingerprint density at radius 3 is 2.42 bits per heavy atom. The van der Waals surface area contributed by atoms with Crippen molar-refractivity contribution in [3.05, 3.63) is 34.9 Å². The lowest BCUT2D eigenvalue weighted by Gasteiger charge is -2.32. The molecule has 0 bridgehead atoms. The Kier molecular flexibility index (Phi) is 4.36. The van der Waals surface area contributed by atoms with Gasteiger partial charge in [0, 0.05) is 57.7 Å². The minimum Gasteiger partial charge on any atom is -0.335 e. The number of nitrogens with zero attached hydrogens (tertiary/aromatic N) is 7. The van der Waals surface area contributed by atoms with Gasteiger partial charge in [0.25, 0.3) is 5.91 Å². The molecule has 0 saturated carbocycles. The van der Waals surface area contributed by atoms with Gasteiger partial charge in [-0.15, -0.1) is 0 Å². The van der Waals surface area contributed by atoms with Gasteiger partial charge in [-0.1, -0.05) is 0 Å². The van der Waals surface area contributed by atoms with E-state index in [4.69, 9.17) is 0 Å². The first-order chi connectivity index (χ1) is 12.5. The second-order valence-electron chi connectivity index (χ2n) is 7.22. The molecule has 2 aliphatic rings. The van der Waals surface area contributed by atoms with Crippen LogP contribution in [0.25, 0.3) is 0 Å². The average Bonchev–Trinajstić information content (AvgIpc) is 2.99. The number of hydrogen-bond donors (Lipinski definition) is 0. The summed E-state index contributed by atoms with van der Waals surface area (Å²) in [6, 6.07) is 0. The first-order valence-corrected chi connectivity index (χ1v) is 9.09. The zero-order valence-corrected chi connectivity index (χ0v) is 15.6. The van der Waals surface area contributed by atoms with E-state index < -0.39 is 0 Å². The summed E-state index contributed by atoms with van der Waals surface area (Å²) < 4.78 is 1.85. The quantitative estimate of drug-likeness (QED) is 0.780. The van der Waals surface area contributed by atoms with E-state index >= 15 is 0 Å². The Morgan fingerprint density at radius 2 is 1.73 bits per heavy atom. The standard InChI is InChI=1S/C18H25N7O/c1-13-10-19-18(20-11-13)25-5-4-14-15(12-25)23(3)21-16(14)17(26)24-8-6-22(2)7-9-24/h10-11H,4-9,12H2,1-3H3. The maximum absolute atomic E-state index is 13.0. The predicted octanol–water partition coefficient (Wildman–Crippen LogP) is 0.469. The molecule has 2 aromatic heterocycles. The SMILES string of the molecule is Cc1cnc(N2CCc3c(C(=O)N4CCN(C)CC4)nn(C)c3C2)nc1. The van der Waals surface area contributed by atoms with Gasteiger partial charge in [-0.05, 0) is 26.0 Å². The maximum atomic E-state index is 13.0. The highest BCUT2D eigenvalue weighted by Crippen LogP contribution is 2.25. The van der Waals surface area contributed by atoms with Crippen molar-refractivity contribution in [1.82, 2.24) is 29.5 Å². The number of anilines is 1. The summed E-state index contributed by atoms with van der Waals surface area (Å²) in [6.45, 7) is 6.82. The van der Waals surface area contributed by atoms with Gasteiger partial charge in [0.2, 0.25) is 5.95 Å². The third-order valence-electron chi connectivity index (χ3n) is 5.29. The van der Waals surface area contributed by atoms with E-state index in [9.17, 15) is 4.79 Å². The van der Waals surface area contributed by atoms with Crippen LogP contribution < -0.4 is 4.90 Å². The van der Waals surface area contributed by atoms with Gasteiger partial charge >= 0.3 is 0 Å². The molecule has 26 heavy (non-hydrogen) atoms. The number of carbonyl (C=O) groups is 1. The monoisotopic (exact) mass is 355 g/mol. The minimum atomic E-state index is 0.0648. The first-order valence-electron chi connectivity index (χ1n) is 9.09. The van der Waals surface area contributed by atoms with Gasteiger partial charge in [0.15, 0.2) is 5.69 Å². The van der Waals surface area contributed by atoms with Gasteiger partial charge in [0.05, 0.1) is 12.2 Å². The lowest BCUT2D eigenvalue weighted by molar-refractivity contribution is 0.0656. The fourth-order valence-corrected chi connectivity index (χ4v) is 3.62. The van der Waals surface area contributed by atoms with Crippen LogP contribution >= 0.6 is 0 Å². The fourth-order valence-electron chi connectivity index (χ4n) is 3.62. The Morgan fingerprint density at radius 1 is 1.04 bits per heavy atom. The third-order valence-corrected chi connectivity index (χ3v) is 5.29. The van der Waals surface area contributed by atoms with Crippen molar-refractivity contribution in [2.45, 2.75) is 19.9 Å². The number of piperazine rings is 1. The minimum absolute atomic E-state index is 0.0648. The second kappa shape index (κ2) is 6.68. The molecule has 0 spiro atoms. The molecule has 8 nitrogen and oxygen atoms in total. The van der Waals surface area contributed by atoms with Gasteiger partial charge in [-0.3, -0.25) is 9.48 Å². The molecule has 0 unspecified atom stereocenters. The molecular weight excluding hydrogens is 330 g/mol. The van der Waals surface area contributed by atoms with Crippen molar-refractivity contribution in [2.75, 3.05) is 44.7 Å². The smallest absolute Gasteiger partial charge is 0.274 e. The van der Waals surface area contributed by atoms with Crippen molar-refractivity contribution >= 4 is 11.9 Å². The van der Waals surface area contributed by atoms with E-state index in [1.54, 1.807) is 0 Å². The molecule has 0 N–H and O–H groups in total. The van der Waals surface area contributed by atoms with Crippen LogP contribution in [0.5, 0.6) is 0 Å². The molecule has 8 heteroatoms. The Balaban J connectivity index is 1.56. The van der Waals surface area contributed by atoms with Crippen LogP contribution in [0.1, 0.15) is 27.3 Å². The summed E-state index contributed by atoms with van der Waals surface area (Å²) >= 11 is 0. The van der Waals surface area contributed by atoms with Crippen molar-refractivity contribution in [3.63, 3.8) is 0 Å². The molecule has 2 aromatic rings. The number of amides is 1. The second-order valence-corrected chi connectivity index (χ2v) is 7.22. The van der Waals surface area contributed by atoms with Crippen LogP contribution in [-0.2, 0) is 20.0 Å². The first kappa shape index (κ1) is 17.0. The fraction of sp³-hybridized carbons (Fsp3) is 0.556. The number of likely N-dealkylation sites (N-methyl/N-ethyl adjacent to an activating group) is 1. The van der Waals surface area contributed by atoms with Gasteiger partial charge in [-0.2, -0.15) is 5.10 Å². The third kappa shape index (κ3) is 3.05. The topological polar surface area (TPSA) is 70.4 Å². The molecule has 138 valence electrons. The molecule has 0 radical (unpaired) electrons. The van der Waals surface area contributed by atoms with Crippen molar-refractivity contribution < 1.29 is 4.79 Å². The van der Waals surface area contributed by atoms with E-state index in [-0.39, 0.29) is 5.91 Å². The van der Waals surface area contributed by atoms with Crippen molar-refractivity contribution in [1.29, 1.82) is 0 Å². The lowest BCUT2D eigenvalue weighted by atomic mass is 10.0. The summed E-state index contributed by atoms with van der Waals surface area (Å²) in [4.78, 5) is 28.2. The lowest BCUT2D eigenvalue weighted by Crippen LogP contribution is -2.47. The number of aryl methyl sites for hydroxylation is 2. The molecule has 1 amide bonds.